The molecule has 1 fully saturated rings. The molecule has 3 nitrogen and oxygen atoms in total. The van der Waals surface area contributed by atoms with E-state index in [1.54, 1.807) is 0 Å². The second-order valence-electron chi connectivity index (χ2n) is 3.94. The van der Waals surface area contributed by atoms with Crippen LogP contribution in [0.3, 0.4) is 0 Å². The van der Waals surface area contributed by atoms with Crippen LogP contribution in [0.5, 0.6) is 0 Å². The van der Waals surface area contributed by atoms with Crippen LogP contribution in [-0.4, -0.2) is 25.3 Å². The molecule has 0 saturated carbocycles. The molecule has 0 aromatic heterocycles. The van der Waals surface area contributed by atoms with E-state index < -0.39 is 5.41 Å². The van der Waals surface area contributed by atoms with Crippen molar-refractivity contribution in [2.24, 2.45) is 5.41 Å². The van der Waals surface area contributed by atoms with Crippen molar-refractivity contribution in [3.63, 3.8) is 0 Å². The summed E-state index contributed by atoms with van der Waals surface area (Å²) in [5.74, 6) is -0.151. The molecular weight excluding hydrogens is 168 g/mol. The molecule has 3 heteroatoms. The standard InChI is InChI=1S/C10H18O3/c1-4-12-9(11)10(2,3)8-6-5-7-13-8/h8H,4-7H2,1-3H3. The molecule has 0 radical (unpaired) electrons. The predicted octanol–water partition coefficient (Wildman–Crippen LogP) is 1.75. The Morgan fingerprint density at radius 1 is 1.62 bits per heavy atom. The molecule has 0 aromatic carbocycles. The average Bonchev–Trinajstić information content (AvgIpc) is 2.56. The van der Waals surface area contributed by atoms with Crippen molar-refractivity contribution >= 4 is 5.97 Å². The second-order valence-corrected chi connectivity index (χ2v) is 3.94. The highest BCUT2D eigenvalue weighted by atomic mass is 16.5. The lowest BCUT2D eigenvalue weighted by molar-refractivity contribution is -0.160. The van der Waals surface area contributed by atoms with Crippen LogP contribution >= 0.6 is 0 Å². The van der Waals surface area contributed by atoms with E-state index in [0.717, 1.165) is 19.4 Å². The Labute approximate surface area is 79.4 Å². The lowest BCUT2D eigenvalue weighted by Crippen LogP contribution is -2.38. The highest BCUT2D eigenvalue weighted by Gasteiger charge is 2.40. The van der Waals surface area contributed by atoms with Gasteiger partial charge < -0.3 is 9.47 Å². The Balaban J connectivity index is 2.57. The van der Waals surface area contributed by atoms with Crippen LogP contribution in [0.15, 0.2) is 0 Å². The summed E-state index contributed by atoms with van der Waals surface area (Å²) in [4.78, 5) is 11.5. The first-order valence-electron chi connectivity index (χ1n) is 4.88. The van der Waals surface area contributed by atoms with Gasteiger partial charge in [-0.1, -0.05) is 0 Å². The molecule has 1 aliphatic heterocycles. The molecule has 0 aromatic rings. The Kier molecular flexibility index (Phi) is 3.31. The Morgan fingerprint density at radius 2 is 2.31 bits per heavy atom. The maximum Gasteiger partial charge on any atom is 0.314 e. The van der Waals surface area contributed by atoms with Crippen LogP contribution in [0.4, 0.5) is 0 Å². The summed E-state index contributed by atoms with van der Waals surface area (Å²) in [6.07, 6.45) is 2.05. The normalized spacial score (nSPS) is 23.2. The summed E-state index contributed by atoms with van der Waals surface area (Å²) in [5.41, 5.74) is -0.494. The van der Waals surface area contributed by atoms with Crippen molar-refractivity contribution in [1.82, 2.24) is 0 Å². The van der Waals surface area contributed by atoms with Gasteiger partial charge in [0.15, 0.2) is 0 Å². The van der Waals surface area contributed by atoms with Gasteiger partial charge in [-0.15, -0.1) is 0 Å². The molecule has 0 N–H and O–H groups in total. The van der Waals surface area contributed by atoms with Crippen LogP contribution in [0.1, 0.15) is 33.6 Å². The van der Waals surface area contributed by atoms with E-state index in [1.807, 2.05) is 20.8 Å². The SMILES string of the molecule is CCOC(=O)C(C)(C)C1CCCO1. The Bertz CT molecular complexity index is 181. The maximum atomic E-state index is 11.5. The summed E-state index contributed by atoms with van der Waals surface area (Å²) < 4.78 is 10.5. The minimum Gasteiger partial charge on any atom is -0.466 e. The molecule has 1 aliphatic rings. The number of carbonyl (C=O) groups excluding carboxylic acids is 1. The molecule has 0 spiro atoms. The fourth-order valence-corrected chi connectivity index (χ4v) is 1.60. The van der Waals surface area contributed by atoms with Gasteiger partial charge in [0.2, 0.25) is 0 Å². The smallest absolute Gasteiger partial charge is 0.314 e. The van der Waals surface area contributed by atoms with Crippen molar-refractivity contribution in [3.05, 3.63) is 0 Å². The zero-order chi connectivity index (χ0) is 9.90. The number of hydrogen-bond donors (Lipinski definition) is 0. The van der Waals surface area contributed by atoms with Gasteiger partial charge in [0.25, 0.3) is 0 Å². The van der Waals surface area contributed by atoms with Crippen LogP contribution < -0.4 is 0 Å². The predicted molar refractivity (Wildman–Crippen MR) is 49.4 cm³/mol. The van der Waals surface area contributed by atoms with Gasteiger partial charge in [0.1, 0.15) is 0 Å². The van der Waals surface area contributed by atoms with Gasteiger partial charge in [0.05, 0.1) is 18.1 Å². The summed E-state index contributed by atoms with van der Waals surface area (Å²) >= 11 is 0. The molecule has 1 atom stereocenters. The van der Waals surface area contributed by atoms with Crippen molar-refractivity contribution in [2.75, 3.05) is 13.2 Å². The quantitative estimate of drug-likeness (QED) is 0.630. The van der Waals surface area contributed by atoms with E-state index >= 15 is 0 Å². The second kappa shape index (κ2) is 4.09. The Morgan fingerprint density at radius 3 is 2.77 bits per heavy atom. The number of ether oxygens (including phenoxy) is 2. The lowest BCUT2D eigenvalue weighted by atomic mass is 9.85. The average molecular weight is 186 g/mol. The van der Waals surface area contributed by atoms with Gasteiger partial charge in [-0.05, 0) is 33.6 Å². The molecule has 13 heavy (non-hydrogen) atoms. The summed E-state index contributed by atoms with van der Waals surface area (Å²) in [7, 11) is 0. The van der Waals surface area contributed by atoms with Crippen molar-refractivity contribution in [1.29, 1.82) is 0 Å². The molecule has 0 aliphatic carbocycles. The van der Waals surface area contributed by atoms with Crippen LogP contribution in [0.25, 0.3) is 0 Å². The highest BCUT2D eigenvalue weighted by Crippen LogP contribution is 2.31. The molecular formula is C10H18O3. The first-order valence-corrected chi connectivity index (χ1v) is 4.88. The molecule has 0 amide bonds. The third-order valence-corrected chi connectivity index (χ3v) is 2.54. The highest BCUT2D eigenvalue weighted by molar-refractivity contribution is 5.76. The maximum absolute atomic E-state index is 11.5. The molecule has 76 valence electrons. The first kappa shape index (κ1) is 10.5. The molecule has 0 bridgehead atoms. The molecule has 1 unspecified atom stereocenters. The largest absolute Gasteiger partial charge is 0.466 e. The fraction of sp³-hybridized carbons (Fsp3) is 0.900. The summed E-state index contributed by atoms with van der Waals surface area (Å²) in [6.45, 7) is 6.81. The lowest BCUT2D eigenvalue weighted by Gasteiger charge is -2.27. The van der Waals surface area contributed by atoms with Gasteiger partial charge in [0, 0.05) is 6.61 Å². The van der Waals surface area contributed by atoms with Gasteiger partial charge >= 0.3 is 5.97 Å². The number of rotatable bonds is 3. The van der Waals surface area contributed by atoms with E-state index in [-0.39, 0.29) is 12.1 Å². The van der Waals surface area contributed by atoms with Crippen LogP contribution in [-0.2, 0) is 14.3 Å². The van der Waals surface area contributed by atoms with E-state index in [4.69, 9.17) is 9.47 Å². The molecule has 1 saturated heterocycles. The molecule has 1 rings (SSSR count). The van der Waals surface area contributed by atoms with Gasteiger partial charge in [-0.25, -0.2) is 0 Å². The van der Waals surface area contributed by atoms with Crippen molar-refractivity contribution < 1.29 is 14.3 Å². The first-order chi connectivity index (χ1) is 6.09. The summed E-state index contributed by atoms with van der Waals surface area (Å²) in [6, 6.07) is 0. The zero-order valence-electron chi connectivity index (χ0n) is 8.63. The Hall–Kier alpha value is -0.570. The van der Waals surface area contributed by atoms with E-state index in [0.29, 0.717) is 6.61 Å². The number of esters is 1. The zero-order valence-corrected chi connectivity index (χ0v) is 8.63. The van der Waals surface area contributed by atoms with E-state index in [9.17, 15) is 4.79 Å². The van der Waals surface area contributed by atoms with Crippen LogP contribution in [0, 0.1) is 5.41 Å². The molecule has 1 heterocycles. The van der Waals surface area contributed by atoms with Crippen molar-refractivity contribution in [2.45, 2.75) is 39.7 Å². The summed E-state index contributed by atoms with van der Waals surface area (Å²) in [5, 5.41) is 0. The van der Waals surface area contributed by atoms with Gasteiger partial charge in [-0.3, -0.25) is 4.79 Å². The van der Waals surface area contributed by atoms with E-state index in [2.05, 4.69) is 0 Å². The topological polar surface area (TPSA) is 35.5 Å². The third kappa shape index (κ3) is 2.21. The number of carbonyl (C=O) groups is 1. The minimum absolute atomic E-state index is 0.0338. The monoisotopic (exact) mass is 186 g/mol. The van der Waals surface area contributed by atoms with Crippen molar-refractivity contribution in [3.8, 4) is 0 Å². The minimum atomic E-state index is -0.494. The van der Waals surface area contributed by atoms with Gasteiger partial charge in [-0.2, -0.15) is 0 Å². The number of hydrogen-bond acceptors (Lipinski definition) is 3. The van der Waals surface area contributed by atoms with E-state index in [1.165, 1.54) is 0 Å². The fourth-order valence-electron chi connectivity index (χ4n) is 1.60. The van der Waals surface area contributed by atoms with Crippen LogP contribution in [0.2, 0.25) is 0 Å². The third-order valence-electron chi connectivity index (χ3n) is 2.54.